The van der Waals surface area contributed by atoms with Crippen molar-refractivity contribution in [2.75, 3.05) is 11.9 Å². The van der Waals surface area contributed by atoms with Gasteiger partial charge < -0.3 is 14.4 Å². The lowest BCUT2D eigenvalue weighted by Crippen LogP contribution is -2.40. The summed E-state index contributed by atoms with van der Waals surface area (Å²) < 4.78 is 5.80. The number of nitrogens with zero attached hydrogens (tertiary/aromatic N) is 1. The monoisotopic (exact) mass is 371 g/mol. The Morgan fingerprint density at radius 3 is 2.57 bits per heavy atom. The van der Waals surface area contributed by atoms with Crippen LogP contribution < -0.4 is 4.90 Å². The first-order chi connectivity index (χ1) is 13.5. The van der Waals surface area contributed by atoms with Crippen molar-refractivity contribution >= 4 is 39.3 Å². The van der Waals surface area contributed by atoms with E-state index in [9.17, 15) is 14.7 Å². The summed E-state index contributed by atoms with van der Waals surface area (Å²) in [4.78, 5) is 27.1. The van der Waals surface area contributed by atoms with Crippen LogP contribution in [0.1, 0.15) is 22.3 Å². The molecular formula is C23H17NO4. The Bertz CT molecular complexity index is 1270. The predicted molar refractivity (Wildman–Crippen MR) is 106 cm³/mol. The topological polar surface area (TPSA) is 70.8 Å². The number of rotatable bonds is 3. The molecule has 5 rings (SSSR count). The van der Waals surface area contributed by atoms with Gasteiger partial charge in [0.1, 0.15) is 11.2 Å². The van der Waals surface area contributed by atoms with Crippen molar-refractivity contribution < 1.29 is 19.1 Å². The number of carbonyl (C=O) groups excluding carboxylic acids is 2. The van der Waals surface area contributed by atoms with Crippen molar-refractivity contribution in [3.05, 3.63) is 77.9 Å². The second-order valence-electron chi connectivity index (χ2n) is 7.15. The molecular weight excluding hydrogens is 354 g/mol. The molecule has 0 saturated carbocycles. The summed E-state index contributed by atoms with van der Waals surface area (Å²) in [6.45, 7) is 0. The highest BCUT2D eigenvalue weighted by Gasteiger charge is 2.49. The molecule has 0 bridgehead atoms. The first-order valence-electron chi connectivity index (χ1n) is 9.03. The van der Waals surface area contributed by atoms with Crippen molar-refractivity contribution in [1.29, 1.82) is 0 Å². The van der Waals surface area contributed by atoms with Gasteiger partial charge in [-0.3, -0.25) is 9.59 Å². The first-order valence-corrected chi connectivity index (χ1v) is 9.03. The molecule has 4 aromatic rings. The van der Waals surface area contributed by atoms with Crippen molar-refractivity contribution in [3.63, 3.8) is 0 Å². The number of likely N-dealkylation sites (N-methyl/N-ethyl adjacent to an activating group) is 1. The lowest BCUT2D eigenvalue weighted by molar-refractivity contribution is -0.135. The maximum absolute atomic E-state index is 13.0. The van der Waals surface area contributed by atoms with Crippen LogP contribution in [0.15, 0.2) is 71.1 Å². The van der Waals surface area contributed by atoms with Crippen LogP contribution in [-0.4, -0.2) is 23.8 Å². The first kappa shape index (κ1) is 16.7. The van der Waals surface area contributed by atoms with Gasteiger partial charge in [-0.25, -0.2) is 0 Å². The van der Waals surface area contributed by atoms with E-state index < -0.39 is 11.5 Å². The number of anilines is 1. The van der Waals surface area contributed by atoms with Crippen molar-refractivity contribution in [2.24, 2.45) is 0 Å². The number of hydrogen-bond donors (Lipinski definition) is 1. The van der Waals surface area contributed by atoms with Gasteiger partial charge in [0.05, 0.1) is 12.1 Å². The molecule has 1 unspecified atom stereocenters. The van der Waals surface area contributed by atoms with Gasteiger partial charge in [-0.15, -0.1) is 0 Å². The molecule has 5 heteroatoms. The van der Waals surface area contributed by atoms with Gasteiger partial charge in [0.2, 0.25) is 0 Å². The molecule has 28 heavy (non-hydrogen) atoms. The normalized spacial score (nSPS) is 18.8. The highest BCUT2D eigenvalue weighted by Crippen LogP contribution is 2.42. The lowest BCUT2D eigenvalue weighted by atomic mass is 9.88. The molecule has 1 aliphatic rings. The third-order valence-electron chi connectivity index (χ3n) is 5.48. The van der Waals surface area contributed by atoms with E-state index in [0.717, 1.165) is 16.4 Å². The molecule has 0 spiro atoms. The Morgan fingerprint density at radius 1 is 1.00 bits per heavy atom. The fraction of sp³-hybridized carbons (Fsp3) is 0.130. The number of ketones is 1. The Kier molecular flexibility index (Phi) is 3.45. The van der Waals surface area contributed by atoms with Gasteiger partial charge in [-0.05, 0) is 30.3 Å². The van der Waals surface area contributed by atoms with Crippen LogP contribution in [0.5, 0.6) is 0 Å². The standard InChI is InChI=1S/C23H17NO4/c1-24-18-8-4-3-7-17(18)23(27,22(24)26)13-19(25)14-10-11-21-16(12-14)15-6-2-5-9-20(15)28-21/h2-12,27H,13H2,1H3. The van der Waals surface area contributed by atoms with E-state index in [1.54, 1.807) is 49.5 Å². The van der Waals surface area contributed by atoms with E-state index in [1.807, 2.05) is 24.3 Å². The minimum atomic E-state index is -1.85. The van der Waals surface area contributed by atoms with Crippen LogP contribution in [0.3, 0.4) is 0 Å². The number of aliphatic hydroxyl groups is 1. The molecule has 0 radical (unpaired) electrons. The van der Waals surface area contributed by atoms with Crippen LogP contribution in [0, 0.1) is 0 Å². The maximum atomic E-state index is 13.0. The smallest absolute Gasteiger partial charge is 0.263 e. The number of hydrogen-bond acceptors (Lipinski definition) is 4. The van der Waals surface area contributed by atoms with Crippen LogP contribution in [0.4, 0.5) is 5.69 Å². The average molecular weight is 371 g/mol. The molecule has 1 aromatic heterocycles. The van der Waals surface area contributed by atoms with Gasteiger partial charge in [-0.2, -0.15) is 0 Å². The Labute approximate surface area is 160 Å². The number of furan rings is 1. The summed E-state index contributed by atoms with van der Waals surface area (Å²) in [6, 6.07) is 19.8. The van der Waals surface area contributed by atoms with Gasteiger partial charge in [0.15, 0.2) is 11.4 Å². The fourth-order valence-electron chi connectivity index (χ4n) is 4.02. The molecule has 3 aromatic carbocycles. The van der Waals surface area contributed by atoms with E-state index in [-0.39, 0.29) is 12.2 Å². The number of Topliss-reactive ketones (excluding diaryl/α,β-unsaturated/α-hetero) is 1. The van der Waals surface area contributed by atoms with E-state index >= 15 is 0 Å². The summed E-state index contributed by atoms with van der Waals surface area (Å²) in [5.74, 6) is -0.787. The molecule has 0 aliphatic carbocycles. The quantitative estimate of drug-likeness (QED) is 0.552. The zero-order chi connectivity index (χ0) is 19.5. The van der Waals surface area contributed by atoms with E-state index in [4.69, 9.17) is 4.42 Å². The van der Waals surface area contributed by atoms with Crippen molar-refractivity contribution in [3.8, 4) is 0 Å². The third kappa shape index (κ3) is 2.23. The number of amides is 1. The van der Waals surface area contributed by atoms with Gasteiger partial charge in [0, 0.05) is 28.9 Å². The lowest BCUT2D eigenvalue weighted by Gasteiger charge is -2.21. The Hall–Kier alpha value is -3.44. The van der Waals surface area contributed by atoms with Gasteiger partial charge in [-0.1, -0.05) is 36.4 Å². The summed E-state index contributed by atoms with van der Waals surface area (Å²) >= 11 is 0. The van der Waals surface area contributed by atoms with Crippen LogP contribution >= 0.6 is 0 Å². The average Bonchev–Trinajstić information content (AvgIpc) is 3.18. The van der Waals surface area contributed by atoms with Gasteiger partial charge >= 0.3 is 0 Å². The SMILES string of the molecule is CN1C(=O)C(O)(CC(=O)c2ccc3oc4ccccc4c3c2)c2ccccc21. The number of fused-ring (bicyclic) bond motifs is 4. The predicted octanol–water partition coefficient (Wildman–Crippen LogP) is 4.02. The molecule has 0 fully saturated rings. The number of carbonyl (C=O) groups is 2. The zero-order valence-electron chi connectivity index (χ0n) is 15.2. The minimum Gasteiger partial charge on any atom is -0.456 e. The highest BCUT2D eigenvalue weighted by molar-refractivity contribution is 6.12. The summed E-state index contributed by atoms with van der Waals surface area (Å²) in [5, 5.41) is 12.9. The van der Waals surface area contributed by atoms with Gasteiger partial charge in [0.25, 0.3) is 5.91 Å². The van der Waals surface area contributed by atoms with Crippen LogP contribution in [0.2, 0.25) is 0 Å². The molecule has 0 saturated heterocycles. The highest BCUT2D eigenvalue weighted by atomic mass is 16.3. The van der Waals surface area contributed by atoms with E-state index in [1.165, 1.54) is 4.90 Å². The fourth-order valence-corrected chi connectivity index (χ4v) is 4.02. The number of benzene rings is 3. The Balaban J connectivity index is 1.55. The third-order valence-corrected chi connectivity index (χ3v) is 5.48. The van der Waals surface area contributed by atoms with Crippen molar-refractivity contribution in [1.82, 2.24) is 0 Å². The van der Waals surface area contributed by atoms with Crippen molar-refractivity contribution in [2.45, 2.75) is 12.0 Å². The largest absolute Gasteiger partial charge is 0.456 e. The summed E-state index contributed by atoms with van der Waals surface area (Å²) in [5.41, 5.74) is 1.12. The molecule has 5 nitrogen and oxygen atoms in total. The minimum absolute atomic E-state index is 0.298. The van der Waals surface area contributed by atoms with Crippen LogP contribution in [-0.2, 0) is 10.4 Å². The second-order valence-corrected chi connectivity index (χ2v) is 7.15. The number of para-hydroxylation sites is 2. The van der Waals surface area contributed by atoms with E-state index in [2.05, 4.69) is 0 Å². The zero-order valence-corrected chi connectivity index (χ0v) is 15.2. The second kappa shape index (κ2) is 5.78. The molecule has 1 N–H and O–H groups in total. The Morgan fingerprint density at radius 2 is 1.71 bits per heavy atom. The molecule has 1 atom stereocenters. The van der Waals surface area contributed by atoms with Crippen LogP contribution in [0.25, 0.3) is 21.9 Å². The summed E-state index contributed by atoms with van der Waals surface area (Å²) in [7, 11) is 1.60. The molecule has 2 heterocycles. The molecule has 1 aliphatic heterocycles. The summed E-state index contributed by atoms with van der Waals surface area (Å²) in [6.07, 6.45) is -0.311. The molecule has 1 amide bonds. The molecule has 138 valence electrons. The van der Waals surface area contributed by atoms with E-state index in [0.29, 0.717) is 22.4 Å². The maximum Gasteiger partial charge on any atom is 0.263 e.